The highest BCUT2D eigenvalue weighted by atomic mass is 32.2. The summed E-state index contributed by atoms with van der Waals surface area (Å²) in [5.74, 6) is 0.501. The van der Waals surface area contributed by atoms with E-state index in [1.54, 1.807) is 17.6 Å². The second kappa shape index (κ2) is 6.47. The third-order valence-corrected chi connectivity index (χ3v) is 4.86. The lowest BCUT2D eigenvalue weighted by Crippen LogP contribution is -2.27. The molecule has 16 heavy (non-hydrogen) atoms. The number of rotatable bonds is 6. The van der Waals surface area contributed by atoms with Gasteiger partial charge >= 0.3 is 0 Å². The number of hydrogen-bond acceptors (Lipinski definition) is 4. The van der Waals surface area contributed by atoms with Crippen LogP contribution in [0.5, 0.6) is 0 Å². The first-order chi connectivity index (χ1) is 7.50. The number of nitrogens with one attached hydrogen (secondary N) is 1. The van der Waals surface area contributed by atoms with E-state index in [1.165, 1.54) is 5.01 Å². The topological polar surface area (TPSA) is 42.0 Å². The van der Waals surface area contributed by atoms with Gasteiger partial charge in [-0.2, -0.15) is 0 Å². The van der Waals surface area contributed by atoms with Crippen molar-refractivity contribution in [2.45, 2.75) is 38.5 Å². The molecule has 0 saturated heterocycles. The lowest BCUT2D eigenvalue weighted by molar-refractivity contribution is 0.642. The van der Waals surface area contributed by atoms with Crippen LogP contribution in [-0.4, -0.2) is 27.2 Å². The summed E-state index contributed by atoms with van der Waals surface area (Å²) in [5.41, 5.74) is 1.09. The Morgan fingerprint density at radius 2 is 2.19 bits per heavy atom. The maximum atomic E-state index is 11.1. The first kappa shape index (κ1) is 13.8. The van der Waals surface area contributed by atoms with Crippen LogP contribution in [0.4, 0.5) is 0 Å². The van der Waals surface area contributed by atoms with Crippen molar-refractivity contribution >= 4 is 22.1 Å². The summed E-state index contributed by atoms with van der Waals surface area (Å²) in [6.07, 6.45) is 1.74. The van der Waals surface area contributed by atoms with E-state index in [0.717, 1.165) is 18.8 Å². The fraction of sp³-hybridized carbons (Fsp3) is 0.727. The van der Waals surface area contributed by atoms with Crippen molar-refractivity contribution in [2.24, 2.45) is 0 Å². The SMILES string of the molecule is CC(C)c1nc(CNCC(C)S(C)=O)cs1. The van der Waals surface area contributed by atoms with Crippen LogP contribution >= 0.6 is 11.3 Å². The quantitative estimate of drug-likeness (QED) is 0.852. The molecule has 1 aromatic heterocycles. The van der Waals surface area contributed by atoms with E-state index in [4.69, 9.17) is 0 Å². The van der Waals surface area contributed by atoms with Crippen LogP contribution in [0.1, 0.15) is 37.4 Å². The van der Waals surface area contributed by atoms with Crippen molar-refractivity contribution in [1.82, 2.24) is 10.3 Å². The first-order valence-corrected chi connectivity index (χ1v) is 7.98. The Labute approximate surface area is 104 Å². The number of thiazole rings is 1. The predicted molar refractivity (Wildman–Crippen MR) is 71.4 cm³/mol. The average Bonchev–Trinajstić information content (AvgIpc) is 2.66. The van der Waals surface area contributed by atoms with E-state index >= 15 is 0 Å². The predicted octanol–water partition coefficient (Wildman–Crippen LogP) is 2.12. The lowest BCUT2D eigenvalue weighted by Gasteiger charge is -2.08. The van der Waals surface area contributed by atoms with Gasteiger partial charge in [0, 0.05) is 46.7 Å². The molecule has 0 amide bonds. The summed E-state index contributed by atoms with van der Waals surface area (Å²) in [5, 5.41) is 6.76. The normalized spacial score (nSPS) is 15.3. The Morgan fingerprint density at radius 3 is 2.69 bits per heavy atom. The van der Waals surface area contributed by atoms with Gasteiger partial charge in [0.2, 0.25) is 0 Å². The molecule has 0 fully saturated rings. The summed E-state index contributed by atoms with van der Waals surface area (Å²) in [6, 6.07) is 0. The van der Waals surface area contributed by atoms with Gasteiger partial charge < -0.3 is 5.32 Å². The van der Waals surface area contributed by atoms with Gasteiger partial charge in [-0.15, -0.1) is 11.3 Å². The summed E-state index contributed by atoms with van der Waals surface area (Å²) in [4.78, 5) is 4.53. The zero-order chi connectivity index (χ0) is 12.1. The molecule has 0 radical (unpaired) electrons. The molecule has 1 N–H and O–H groups in total. The van der Waals surface area contributed by atoms with E-state index in [-0.39, 0.29) is 5.25 Å². The highest BCUT2D eigenvalue weighted by molar-refractivity contribution is 7.84. The number of nitrogens with zero attached hydrogens (tertiary/aromatic N) is 1. The lowest BCUT2D eigenvalue weighted by atomic mass is 10.2. The van der Waals surface area contributed by atoms with Crippen LogP contribution in [0, 0.1) is 0 Å². The third kappa shape index (κ3) is 4.31. The molecular formula is C11H20N2OS2. The summed E-state index contributed by atoms with van der Waals surface area (Å²) < 4.78 is 11.1. The zero-order valence-corrected chi connectivity index (χ0v) is 12.0. The van der Waals surface area contributed by atoms with Crippen molar-refractivity contribution < 1.29 is 4.21 Å². The van der Waals surface area contributed by atoms with Crippen molar-refractivity contribution in [3.8, 4) is 0 Å². The fourth-order valence-electron chi connectivity index (χ4n) is 1.19. The molecule has 0 bridgehead atoms. The van der Waals surface area contributed by atoms with Gasteiger partial charge in [0.1, 0.15) is 0 Å². The molecule has 0 saturated carbocycles. The van der Waals surface area contributed by atoms with E-state index in [9.17, 15) is 4.21 Å². The molecule has 0 aliphatic carbocycles. The molecular weight excluding hydrogens is 240 g/mol. The highest BCUT2D eigenvalue weighted by Gasteiger charge is 2.07. The molecule has 1 heterocycles. The van der Waals surface area contributed by atoms with Crippen molar-refractivity contribution in [3.63, 3.8) is 0 Å². The van der Waals surface area contributed by atoms with E-state index in [2.05, 4.69) is 29.5 Å². The minimum Gasteiger partial charge on any atom is -0.310 e. The molecule has 1 rings (SSSR count). The second-order valence-electron chi connectivity index (χ2n) is 4.27. The van der Waals surface area contributed by atoms with Gasteiger partial charge in [-0.1, -0.05) is 13.8 Å². The van der Waals surface area contributed by atoms with Crippen LogP contribution in [-0.2, 0) is 17.3 Å². The molecule has 92 valence electrons. The molecule has 5 heteroatoms. The maximum absolute atomic E-state index is 11.1. The van der Waals surface area contributed by atoms with Gasteiger partial charge in [-0.05, 0) is 6.92 Å². The van der Waals surface area contributed by atoms with Crippen molar-refractivity contribution in [2.75, 3.05) is 12.8 Å². The van der Waals surface area contributed by atoms with Crippen LogP contribution in [0.2, 0.25) is 0 Å². The minimum absolute atomic E-state index is 0.197. The van der Waals surface area contributed by atoms with Crippen LogP contribution in [0.25, 0.3) is 0 Å². The summed E-state index contributed by atoms with van der Waals surface area (Å²) >= 11 is 1.71. The summed E-state index contributed by atoms with van der Waals surface area (Å²) in [7, 11) is -0.751. The first-order valence-electron chi connectivity index (χ1n) is 5.48. The standard InChI is InChI=1S/C11H20N2OS2/c1-8(2)11-13-10(7-15-11)6-12-5-9(3)16(4)14/h7-9,12H,5-6H2,1-4H3. The largest absolute Gasteiger partial charge is 0.310 e. The maximum Gasteiger partial charge on any atom is 0.0954 e. The average molecular weight is 260 g/mol. The number of aromatic nitrogens is 1. The van der Waals surface area contributed by atoms with Crippen molar-refractivity contribution in [3.05, 3.63) is 16.1 Å². The number of hydrogen-bond donors (Lipinski definition) is 1. The Kier molecular flexibility index (Phi) is 5.58. The van der Waals surface area contributed by atoms with Gasteiger partial charge in [0.25, 0.3) is 0 Å². The van der Waals surface area contributed by atoms with Crippen LogP contribution in [0.15, 0.2) is 5.38 Å². The van der Waals surface area contributed by atoms with Gasteiger partial charge in [-0.25, -0.2) is 4.98 Å². The Morgan fingerprint density at radius 1 is 1.50 bits per heavy atom. The van der Waals surface area contributed by atoms with Gasteiger partial charge in [0.05, 0.1) is 10.7 Å². The Balaban J connectivity index is 2.34. The molecule has 3 nitrogen and oxygen atoms in total. The molecule has 1 aromatic rings. The fourth-order valence-corrected chi connectivity index (χ4v) is 2.38. The second-order valence-corrected chi connectivity index (χ2v) is 6.96. The van der Waals surface area contributed by atoms with Crippen LogP contribution in [0.3, 0.4) is 0 Å². The Hall–Kier alpha value is -0.260. The van der Waals surface area contributed by atoms with E-state index in [0.29, 0.717) is 5.92 Å². The third-order valence-electron chi connectivity index (χ3n) is 2.37. The molecule has 0 aromatic carbocycles. The minimum atomic E-state index is -0.751. The molecule has 0 aliphatic rings. The molecule has 2 atom stereocenters. The summed E-state index contributed by atoms with van der Waals surface area (Å²) in [6.45, 7) is 7.84. The van der Waals surface area contributed by atoms with E-state index in [1.807, 2.05) is 6.92 Å². The van der Waals surface area contributed by atoms with E-state index < -0.39 is 10.8 Å². The smallest absolute Gasteiger partial charge is 0.0954 e. The molecule has 0 spiro atoms. The Bertz CT molecular complexity index is 350. The molecule has 0 aliphatic heterocycles. The van der Waals surface area contributed by atoms with Crippen molar-refractivity contribution in [1.29, 1.82) is 0 Å². The molecule has 2 unspecified atom stereocenters. The van der Waals surface area contributed by atoms with Gasteiger partial charge in [0.15, 0.2) is 0 Å². The van der Waals surface area contributed by atoms with Crippen LogP contribution < -0.4 is 5.32 Å². The monoisotopic (exact) mass is 260 g/mol. The highest BCUT2D eigenvalue weighted by Crippen LogP contribution is 2.18. The van der Waals surface area contributed by atoms with Gasteiger partial charge in [-0.3, -0.25) is 4.21 Å². The zero-order valence-electron chi connectivity index (χ0n) is 10.3.